The van der Waals surface area contributed by atoms with Crippen LogP contribution in [0, 0.1) is 0 Å². The third-order valence-corrected chi connectivity index (χ3v) is 4.46. The molecule has 0 unspecified atom stereocenters. The fourth-order valence-electron chi connectivity index (χ4n) is 3.07. The summed E-state index contributed by atoms with van der Waals surface area (Å²) in [7, 11) is 3.96. The van der Waals surface area contributed by atoms with Crippen LogP contribution >= 0.6 is 0 Å². The van der Waals surface area contributed by atoms with Crippen molar-refractivity contribution in [2.75, 3.05) is 22.7 Å². The molecule has 0 aliphatic carbocycles. The van der Waals surface area contributed by atoms with Gasteiger partial charge in [-0.2, -0.15) is 0 Å². The van der Waals surface area contributed by atoms with Gasteiger partial charge in [0.05, 0.1) is 0 Å². The molecule has 3 aliphatic heterocycles. The predicted molar refractivity (Wildman–Crippen MR) is 100 cm³/mol. The molecule has 0 aromatic carbocycles. The van der Waals surface area contributed by atoms with E-state index in [-0.39, 0.29) is 26.8 Å². The van der Waals surface area contributed by atoms with Crippen LogP contribution in [0.15, 0.2) is 61.2 Å². The van der Waals surface area contributed by atoms with Crippen molar-refractivity contribution >= 4 is 32.5 Å². The molecule has 3 aliphatic rings. The molecule has 7 nitrogen and oxygen atoms in total. The van der Waals surface area contributed by atoms with Crippen LogP contribution in [0.3, 0.4) is 0 Å². The maximum Gasteiger partial charge on any atom is 0.396 e. The van der Waals surface area contributed by atoms with Gasteiger partial charge in [-0.15, -0.1) is 0 Å². The van der Waals surface area contributed by atoms with E-state index >= 15 is 0 Å². The third-order valence-electron chi connectivity index (χ3n) is 4.46. The maximum absolute atomic E-state index is 12.9. The zero-order valence-corrected chi connectivity index (χ0v) is 16.5. The number of hydrogen-bond acceptors (Lipinski definition) is 7. The van der Waals surface area contributed by atoms with Crippen molar-refractivity contribution in [2.45, 2.75) is 0 Å². The van der Waals surface area contributed by atoms with Gasteiger partial charge in [0.25, 0.3) is 0 Å². The Morgan fingerprint density at radius 2 is 1.22 bits per heavy atom. The topological polar surface area (TPSA) is 55.8 Å². The molecule has 10 heteroatoms. The van der Waals surface area contributed by atoms with Gasteiger partial charge in [0.15, 0.2) is 0 Å². The number of anilines is 2. The number of carbonyl (C=O) groups excluding carboxylic acids is 1. The van der Waals surface area contributed by atoms with Crippen LogP contribution in [-0.2, 0) is 21.1 Å². The van der Waals surface area contributed by atoms with Crippen molar-refractivity contribution in [1.29, 1.82) is 0 Å². The monoisotopic (exact) mass is 535 g/mol. The van der Waals surface area contributed by atoms with E-state index in [4.69, 9.17) is 0 Å². The summed E-state index contributed by atoms with van der Waals surface area (Å²) >= 11 is 0. The average Bonchev–Trinajstić information content (AvgIpc) is 3.35. The van der Waals surface area contributed by atoms with E-state index in [1.165, 1.54) is 0 Å². The molecule has 2 aromatic rings. The van der Waals surface area contributed by atoms with Gasteiger partial charge in [0.1, 0.15) is 23.0 Å². The smallest absolute Gasteiger partial charge is 0.396 e. The normalized spacial score (nSPS) is 17.1. The molecule has 0 N–H and O–H groups in total. The van der Waals surface area contributed by atoms with Crippen LogP contribution in [-0.4, -0.2) is 53.6 Å². The Hall–Kier alpha value is -2.53. The second-order valence-corrected chi connectivity index (χ2v) is 6.21. The number of ketones is 1. The Bertz CT molecular complexity index is 866. The van der Waals surface area contributed by atoms with E-state index in [1.54, 1.807) is 12.1 Å². The quantitative estimate of drug-likeness (QED) is 0.467. The van der Waals surface area contributed by atoms with E-state index in [9.17, 15) is 4.79 Å². The minimum atomic E-state index is -0.191. The van der Waals surface area contributed by atoms with Crippen molar-refractivity contribution in [1.82, 2.24) is 19.6 Å². The zero-order valence-electron chi connectivity index (χ0n) is 14.3. The van der Waals surface area contributed by atoms with E-state index in [2.05, 4.69) is 19.6 Å². The zero-order chi connectivity index (χ0) is 17.5. The average molecular weight is 535 g/mol. The Balaban J connectivity index is 0.00000180. The molecule has 27 heavy (non-hydrogen) atoms. The third kappa shape index (κ3) is 3.39. The molecule has 0 amide bonds. The molecule has 2 aromatic heterocycles. The summed E-state index contributed by atoms with van der Waals surface area (Å²) in [6.45, 7) is 1.65. The summed E-state index contributed by atoms with van der Waals surface area (Å²) in [5, 5.41) is 0. The van der Waals surface area contributed by atoms with Crippen LogP contribution in [0.1, 0.15) is 16.2 Å². The number of carbonyl (C=O) groups is 1. The molecule has 0 fully saturated rings. The van der Waals surface area contributed by atoms with Crippen molar-refractivity contribution in [2.24, 2.45) is 0 Å². The van der Waals surface area contributed by atoms with E-state index in [0.29, 0.717) is 23.0 Å². The van der Waals surface area contributed by atoms with Gasteiger partial charge in [-0.1, -0.05) is 12.1 Å². The molecule has 0 spiro atoms. The van der Waals surface area contributed by atoms with Crippen LogP contribution < -0.4 is 9.62 Å². The Morgan fingerprint density at radius 3 is 1.70 bits per heavy atom. The number of fused-ring (bicyclic) bond motifs is 10. The minimum Gasteiger partial charge on any atom is -0.402 e. The molecule has 134 valence electrons. The van der Waals surface area contributed by atoms with Crippen LogP contribution in [0.5, 0.6) is 0 Å². The summed E-state index contributed by atoms with van der Waals surface area (Å²) in [6, 6.07) is 10.9. The SMILES string of the molecule is O=C1c2cccc(n2)N2[B]N(C=C2)CCN2[B]N(C=C2)c2cccc1n2.[Pt]. The van der Waals surface area contributed by atoms with Crippen LogP contribution in [0.25, 0.3) is 0 Å². The number of hydrogen-bond donors (Lipinski definition) is 0. The molecular formula is C17H14B2N6OPt. The number of pyridine rings is 2. The summed E-state index contributed by atoms with van der Waals surface area (Å²) in [6.07, 6.45) is 7.89. The first kappa shape index (κ1) is 17.9. The molecule has 0 saturated carbocycles. The Morgan fingerprint density at radius 1 is 0.741 bits per heavy atom. The summed E-state index contributed by atoms with van der Waals surface area (Å²) in [5.74, 6) is 1.22. The first-order valence-corrected chi connectivity index (χ1v) is 8.40. The van der Waals surface area contributed by atoms with E-state index < -0.39 is 0 Å². The van der Waals surface area contributed by atoms with Gasteiger partial charge in [-0.3, -0.25) is 4.79 Å². The van der Waals surface area contributed by atoms with Crippen molar-refractivity contribution in [3.63, 3.8) is 0 Å². The predicted octanol–water partition coefficient (Wildman–Crippen LogP) is 0.974. The second-order valence-electron chi connectivity index (χ2n) is 6.21. The van der Waals surface area contributed by atoms with Crippen LogP contribution in [0.4, 0.5) is 11.6 Å². The van der Waals surface area contributed by atoms with Gasteiger partial charge >= 0.3 is 15.1 Å². The first-order chi connectivity index (χ1) is 12.8. The molecule has 0 saturated heterocycles. The standard InChI is InChI=1S/C17H14B2N6O.Pt/c26-17-13-3-1-5-15(20-13)24-11-9-22(18-24)7-8-23-10-12-25(19-23)16-6-2-4-14(17)21-16;/h1-6,9-12H,7-8H2;. The molecular weight excluding hydrogens is 521 g/mol. The van der Waals surface area contributed by atoms with Gasteiger partial charge < -0.3 is 19.2 Å². The van der Waals surface area contributed by atoms with Crippen molar-refractivity contribution in [3.8, 4) is 0 Å². The van der Waals surface area contributed by atoms with Gasteiger partial charge in [-0.25, -0.2) is 9.97 Å². The molecule has 8 bridgehead atoms. The maximum atomic E-state index is 12.9. The summed E-state index contributed by atoms with van der Waals surface area (Å²) < 4.78 is 0. The molecule has 2 radical (unpaired) electrons. The molecule has 5 heterocycles. The van der Waals surface area contributed by atoms with Gasteiger partial charge in [0.2, 0.25) is 5.78 Å². The Labute approximate surface area is 173 Å². The summed E-state index contributed by atoms with van der Waals surface area (Å²) in [5.41, 5.74) is 0.759. The minimum absolute atomic E-state index is 0. The van der Waals surface area contributed by atoms with Crippen LogP contribution in [0.2, 0.25) is 0 Å². The van der Waals surface area contributed by atoms with Crippen molar-refractivity contribution in [3.05, 3.63) is 72.6 Å². The summed E-state index contributed by atoms with van der Waals surface area (Å²) in [4.78, 5) is 30.0. The van der Waals surface area contributed by atoms with E-state index in [1.807, 2.05) is 73.8 Å². The fourth-order valence-corrected chi connectivity index (χ4v) is 3.07. The van der Waals surface area contributed by atoms with Crippen molar-refractivity contribution < 1.29 is 25.9 Å². The molecule has 0 atom stereocenters. The van der Waals surface area contributed by atoms with E-state index in [0.717, 1.165) is 13.1 Å². The number of rotatable bonds is 0. The largest absolute Gasteiger partial charge is 0.402 e. The number of aromatic nitrogens is 2. The Kier molecular flexibility index (Phi) is 4.79. The van der Waals surface area contributed by atoms with Gasteiger partial charge in [-0.05, 0) is 24.3 Å². The second kappa shape index (κ2) is 7.23. The first-order valence-electron chi connectivity index (χ1n) is 8.40. The van der Waals surface area contributed by atoms with Gasteiger partial charge in [0, 0.05) is 59.0 Å². The molecule has 5 rings (SSSR count). The fraction of sp³-hybridized carbons (Fsp3) is 0.118. The number of nitrogens with zero attached hydrogens (tertiary/aromatic N) is 6.